The zero-order chi connectivity index (χ0) is 18.9. The van der Waals surface area contributed by atoms with E-state index in [4.69, 9.17) is 0 Å². The molecule has 1 aromatic carbocycles. The Morgan fingerprint density at radius 3 is 2.69 bits per heavy atom. The molecule has 1 amide bonds. The van der Waals surface area contributed by atoms with Crippen LogP contribution in [0.15, 0.2) is 34.9 Å². The Hall–Kier alpha value is -2.91. The third kappa shape index (κ3) is 4.19. The SMILES string of the molecule is O=C(NCc1ccc2[nH]c(C(F)F)cc2c1)c1cc(CC(F)(F)F)no1. The molecule has 0 bridgehead atoms. The minimum Gasteiger partial charge on any atom is -0.354 e. The number of nitrogens with zero attached hydrogens (tertiary/aromatic N) is 1. The van der Waals surface area contributed by atoms with Gasteiger partial charge in [-0.05, 0) is 23.8 Å². The predicted molar refractivity (Wildman–Crippen MR) is 80.7 cm³/mol. The van der Waals surface area contributed by atoms with E-state index in [2.05, 4.69) is 20.0 Å². The number of rotatable bonds is 5. The van der Waals surface area contributed by atoms with Gasteiger partial charge in [-0.15, -0.1) is 0 Å². The van der Waals surface area contributed by atoms with Crippen LogP contribution in [0.3, 0.4) is 0 Å². The van der Waals surface area contributed by atoms with Crippen molar-refractivity contribution in [2.24, 2.45) is 0 Å². The Labute approximate surface area is 143 Å². The third-order valence-corrected chi connectivity index (χ3v) is 3.56. The number of H-pyrrole nitrogens is 1. The Morgan fingerprint density at radius 1 is 1.23 bits per heavy atom. The lowest BCUT2D eigenvalue weighted by molar-refractivity contribution is -0.128. The van der Waals surface area contributed by atoms with Crippen LogP contribution in [-0.4, -0.2) is 22.2 Å². The fraction of sp³-hybridized carbons (Fsp3) is 0.250. The third-order valence-electron chi connectivity index (χ3n) is 3.56. The van der Waals surface area contributed by atoms with E-state index in [1.165, 1.54) is 6.07 Å². The Morgan fingerprint density at radius 2 is 2.00 bits per heavy atom. The van der Waals surface area contributed by atoms with E-state index in [0.717, 1.165) is 6.07 Å². The fourth-order valence-electron chi connectivity index (χ4n) is 2.41. The first-order valence-electron chi connectivity index (χ1n) is 7.41. The number of benzene rings is 1. The smallest absolute Gasteiger partial charge is 0.354 e. The average molecular weight is 373 g/mol. The first-order valence-corrected chi connectivity index (χ1v) is 7.41. The second-order valence-corrected chi connectivity index (χ2v) is 5.60. The molecule has 0 saturated heterocycles. The first-order chi connectivity index (χ1) is 12.2. The van der Waals surface area contributed by atoms with Crippen molar-refractivity contribution in [1.29, 1.82) is 0 Å². The molecular weight excluding hydrogens is 361 g/mol. The lowest BCUT2D eigenvalue weighted by atomic mass is 10.1. The van der Waals surface area contributed by atoms with E-state index in [1.54, 1.807) is 18.2 Å². The minimum absolute atomic E-state index is 0.0409. The second kappa shape index (κ2) is 6.77. The van der Waals surface area contributed by atoms with E-state index in [9.17, 15) is 26.7 Å². The average Bonchev–Trinajstić information content (AvgIpc) is 3.17. The molecule has 5 nitrogen and oxygen atoms in total. The number of hydrogen-bond acceptors (Lipinski definition) is 3. The van der Waals surface area contributed by atoms with Crippen LogP contribution in [0.2, 0.25) is 0 Å². The highest BCUT2D eigenvalue weighted by atomic mass is 19.4. The Balaban J connectivity index is 1.65. The summed E-state index contributed by atoms with van der Waals surface area (Å²) in [5.74, 6) is -1.07. The molecule has 10 heteroatoms. The van der Waals surface area contributed by atoms with Crippen molar-refractivity contribution in [2.45, 2.75) is 25.6 Å². The molecule has 2 aromatic heterocycles. The Bertz CT molecular complexity index is 930. The largest absolute Gasteiger partial charge is 0.394 e. The molecule has 0 aliphatic heterocycles. The van der Waals surface area contributed by atoms with Crippen molar-refractivity contribution >= 4 is 16.8 Å². The molecule has 2 heterocycles. The molecule has 3 aromatic rings. The number of aromatic amines is 1. The number of carbonyl (C=O) groups excluding carboxylic acids is 1. The van der Waals surface area contributed by atoms with Gasteiger partial charge in [0.25, 0.3) is 12.3 Å². The number of aromatic nitrogens is 2. The molecule has 0 atom stereocenters. The number of fused-ring (bicyclic) bond motifs is 1. The van der Waals surface area contributed by atoms with Crippen LogP contribution < -0.4 is 5.32 Å². The number of amides is 1. The van der Waals surface area contributed by atoms with E-state index in [0.29, 0.717) is 16.5 Å². The summed E-state index contributed by atoms with van der Waals surface area (Å²) < 4.78 is 66.8. The monoisotopic (exact) mass is 373 g/mol. The van der Waals surface area contributed by atoms with Crippen LogP contribution in [0.4, 0.5) is 22.0 Å². The summed E-state index contributed by atoms with van der Waals surface area (Å²) in [5, 5.41) is 6.23. The molecule has 138 valence electrons. The summed E-state index contributed by atoms with van der Waals surface area (Å²) in [6.45, 7) is 0.0409. The van der Waals surface area contributed by atoms with Gasteiger partial charge in [0.1, 0.15) is 0 Å². The van der Waals surface area contributed by atoms with Gasteiger partial charge in [0.05, 0.1) is 17.8 Å². The minimum atomic E-state index is -4.45. The topological polar surface area (TPSA) is 70.9 Å². The van der Waals surface area contributed by atoms with E-state index < -0.39 is 30.6 Å². The van der Waals surface area contributed by atoms with Crippen molar-refractivity contribution in [3.63, 3.8) is 0 Å². The van der Waals surface area contributed by atoms with Gasteiger partial charge in [0, 0.05) is 23.5 Å². The number of carbonyl (C=O) groups is 1. The molecule has 0 fully saturated rings. The van der Waals surface area contributed by atoms with Crippen LogP contribution in [0.25, 0.3) is 10.9 Å². The van der Waals surface area contributed by atoms with Crippen molar-refractivity contribution in [3.8, 4) is 0 Å². The normalized spacial score (nSPS) is 12.1. The molecule has 0 aliphatic carbocycles. The van der Waals surface area contributed by atoms with Gasteiger partial charge >= 0.3 is 6.18 Å². The molecule has 0 spiro atoms. The van der Waals surface area contributed by atoms with Gasteiger partial charge in [-0.2, -0.15) is 13.2 Å². The van der Waals surface area contributed by atoms with Crippen molar-refractivity contribution in [3.05, 3.63) is 53.0 Å². The molecule has 26 heavy (non-hydrogen) atoms. The van der Waals surface area contributed by atoms with Gasteiger partial charge in [-0.25, -0.2) is 8.78 Å². The molecule has 0 radical (unpaired) electrons. The van der Waals surface area contributed by atoms with Gasteiger partial charge in [-0.3, -0.25) is 4.79 Å². The summed E-state index contributed by atoms with van der Waals surface area (Å²) >= 11 is 0. The predicted octanol–water partition coefficient (Wildman–Crippen LogP) is 4.13. The highest BCUT2D eigenvalue weighted by Crippen LogP contribution is 2.24. The molecule has 0 unspecified atom stereocenters. The summed E-state index contributed by atoms with van der Waals surface area (Å²) in [6.07, 6.45) is -8.36. The van der Waals surface area contributed by atoms with Crippen LogP contribution in [0.5, 0.6) is 0 Å². The van der Waals surface area contributed by atoms with Gasteiger partial charge in [0.15, 0.2) is 0 Å². The lowest BCUT2D eigenvalue weighted by Gasteiger charge is -2.03. The van der Waals surface area contributed by atoms with Crippen molar-refractivity contribution in [1.82, 2.24) is 15.5 Å². The number of alkyl halides is 5. The summed E-state index contributed by atoms with van der Waals surface area (Å²) in [5.41, 5.74) is 0.555. The zero-order valence-electron chi connectivity index (χ0n) is 13.0. The van der Waals surface area contributed by atoms with E-state index in [-0.39, 0.29) is 18.0 Å². The fourth-order valence-corrected chi connectivity index (χ4v) is 2.41. The van der Waals surface area contributed by atoms with Crippen LogP contribution in [0.1, 0.15) is 33.9 Å². The summed E-state index contributed by atoms with van der Waals surface area (Å²) in [7, 11) is 0. The maximum atomic E-state index is 12.7. The van der Waals surface area contributed by atoms with Crippen LogP contribution in [0, 0.1) is 0 Å². The lowest BCUT2D eigenvalue weighted by Crippen LogP contribution is -2.22. The van der Waals surface area contributed by atoms with Crippen LogP contribution in [-0.2, 0) is 13.0 Å². The van der Waals surface area contributed by atoms with Gasteiger partial charge in [-0.1, -0.05) is 11.2 Å². The van der Waals surface area contributed by atoms with Gasteiger partial charge < -0.3 is 14.8 Å². The standard InChI is InChI=1S/C16H12F5N3O2/c17-14(18)12-4-9-3-8(1-2-11(9)23-12)7-22-15(25)13-5-10(24-26-13)6-16(19,20)21/h1-5,14,23H,6-7H2,(H,22,25). The highest BCUT2D eigenvalue weighted by molar-refractivity contribution is 5.91. The maximum absolute atomic E-state index is 12.7. The molecule has 0 aliphatic rings. The van der Waals surface area contributed by atoms with E-state index >= 15 is 0 Å². The molecular formula is C16H12F5N3O2. The van der Waals surface area contributed by atoms with E-state index in [1.807, 2.05) is 0 Å². The summed E-state index contributed by atoms with van der Waals surface area (Å²) in [6, 6.07) is 7.08. The van der Waals surface area contributed by atoms with Crippen LogP contribution >= 0.6 is 0 Å². The number of hydrogen-bond donors (Lipinski definition) is 2. The number of halogens is 5. The molecule has 0 saturated carbocycles. The summed E-state index contributed by atoms with van der Waals surface area (Å²) in [4.78, 5) is 14.5. The van der Waals surface area contributed by atoms with Gasteiger partial charge in [0.2, 0.25) is 5.76 Å². The first kappa shape index (κ1) is 17.9. The maximum Gasteiger partial charge on any atom is 0.394 e. The highest BCUT2D eigenvalue weighted by Gasteiger charge is 2.30. The van der Waals surface area contributed by atoms with Crippen molar-refractivity contribution in [2.75, 3.05) is 0 Å². The van der Waals surface area contributed by atoms with Crippen molar-refractivity contribution < 1.29 is 31.3 Å². The number of nitrogens with one attached hydrogen (secondary N) is 2. The molecule has 3 rings (SSSR count). The quantitative estimate of drug-likeness (QED) is 0.661. The second-order valence-electron chi connectivity index (χ2n) is 5.60. The zero-order valence-corrected chi connectivity index (χ0v) is 13.0. The Kier molecular flexibility index (Phi) is 4.66. The molecule has 2 N–H and O–H groups in total.